The van der Waals surface area contributed by atoms with Crippen LogP contribution in [0.15, 0.2) is 48.5 Å². The van der Waals surface area contributed by atoms with Crippen molar-refractivity contribution in [3.8, 4) is 0 Å². The smallest absolute Gasteiger partial charge is 0.225 e. The van der Waals surface area contributed by atoms with Gasteiger partial charge in [-0.2, -0.15) is 4.98 Å². The number of hydrogen-bond donors (Lipinski definition) is 1. The SMILES string of the molecule is Clc1ccc(CNc2nc(N3CCCCC3)c3ccccc3n2)cc1. The Kier molecular flexibility index (Phi) is 4.70. The summed E-state index contributed by atoms with van der Waals surface area (Å²) in [6.45, 7) is 2.81. The summed E-state index contributed by atoms with van der Waals surface area (Å²) in [5.41, 5.74) is 2.14. The van der Waals surface area contributed by atoms with E-state index in [9.17, 15) is 0 Å². The van der Waals surface area contributed by atoms with Crippen molar-refractivity contribution in [2.45, 2.75) is 25.8 Å². The fourth-order valence-corrected chi connectivity index (χ4v) is 3.40. The van der Waals surface area contributed by atoms with Gasteiger partial charge < -0.3 is 10.2 Å². The highest BCUT2D eigenvalue weighted by molar-refractivity contribution is 6.30. The lowest BCUT2D eigenvalue weighted by atomic mass is 10.1. The summed E-state index contributed by atoms with van der Waals surface area (Å²) in [6.07, 6.45) is 3.76. The minimum atomic E-state index is 0.675. The van der Waals surface area contributed by atoms with Gasteiger partial charge in [-0.05, 0) is 49.1 Å². The molecule has 1 aliphatic heterocycles. The van der Waals surface area contributed by atoms with Gasteiger partial charge in [-0.25, -0.2) is 4.98 Å². The van der Waals surface area contributed by atoms with E-state index in [-0.39, 0.29) is 0 Å². The van der Waals surface area contributed by atoms with E-state index in [1.54, 1.807) is 0 Å². The van der Waals surface area contributed by atoms with Crippen molar-refractivity contribution in [2.75, 3.05) is 23.3 Å². The van der Waals surface area contributed by atoms with Gasteiger partial charge in [0.1, 0.15) is 5.82 Å². The number of aromatic nitrogens is 2. The topological polar surface area (TPSA) is 41.1 Å². The van der Waals surface area contributed by atoms with Crippen LogP contribution in [0.4, 0.5) is 11.8 Å². The Morgan fingerprint density at radius 3 is 2.48 bits per heavy atom. The van der Waals surface area contributed by atoms with E-state index in [4.69, 9.17) is 16.6 Å². The molecule has 0 aliphatic carbocycles. The van der Waals surface area contributed by atoms with Gasteiger partial charge in [0.25, 0.3) is 0 Å². The molecule has 3 aromatic rings. The van der Waals surface area contributed by atoms with Crippen LogP contribution in [-0.2, 0) is 6.54 Å². The van der Waals surface area contributed by atoms with Crippen LogP contribution in [0.25, 0.3) is 10.9 Å². The van der Waals surface area contributed by atoms with E-state index in [1.165, 1.54) is 19.3 Å². The fourth-order valence-electron chi connectivity index (χ4n) is 3.27. The zero-order chi connectivity index (χ0) is 17.1. The maximum atomic E-state index is 5.95. The van der Waals surface area contributed by atoms with E-state index >= 15 is 0 Å². The van der Waals surface area contributed by atoms with Crippen LogP contribution in [0, 0.1) is 0 Å². The summed E-state index contributed by atoms with van der Waals surface area (Å²) in [5, 5.41) is 5.23. The molecule has 4 rings (SSSR count). The number of hydrogen-bond acceptors (Lipinski definition) is 4. The highest BCUT2D eigenvalue weighted by atomic mass is 35.5. The Morgan fingerprint density at radius 2 is 1.68 bits per heavy atom. The van der Waals surface area contributed by atoms with Gasteiger partial charge in [-0.3, -0.25) is 0 Å². The standard InChI is InChI=1S/C20H21ClN4/c21-16-10-8-15(9-11-16)14-22-20-23-18-7-3-2-6-17(18)19(24-20)25-12-4-1-5-13-25/h2-3,6-11H,1,4-5,12-14H2,(H,22,23,24). The third kappa shape index (κ3) is 3.69. The molecule has 1 saturated heterocycles. The Morgan fingerprint density at radius 1 is 0.920 bits per heavy atom. The summed E-state index contributed by atoms with van der Waals surface area (Å²) in [7, 11) is 0. The Balaban J connectivity index is 1.63. The van der Waals surface area contributed by atoms with Crippen LogP contribution in [0.2, 0.25) is 5.02 Å². The Hall–Kier alpha value is -2.33. The minimum Gasteiger partial charge on any atom is -0.356 e. The van der Waals surface area contributed by atoms with Crippen LogP contribution in [0.1, 0.15) is 24.8 Å². The van der Waals surface area contributed by atoms with E-state index in [0.717, 1.165) is 40.4 Å². The molecule has 0 bridgehead atoms. The molecule has 4 nitrogen and oxygen atoms in total. The number of anilines is 2. The molecule has 0 amide bonds. The number of para-hydroxylation sites is 1. The van der Waals surface area contributed by atoms with Gasteiger partial charge in [0.05, 0.1) is 5.52 Å². The molecule has 0 radical (unpaired) electrons. The maximum Gasteiger partial charge on any atom is 0.225 e. The van der Waals surface area contributed by atoms with Crippen molar-refractivity contribution in [1.82, 2.24) is 9.97 Å². The summed E-state index contributed by atoms with van der Waals surface area (Å²) in [6, 6.07) is 16.1. The van der Waals surface area contributed by atoms with Crippen molar-refractivity contribution in [3.05, 3.63) is 59.1 Å². The highest BCUT2D eigenvalue weighted by Crippen LogP contribution is 2.27. The van der Waals surface area contributed by atoms with Crippen LogP contribution < -0.4 is 10.2 Å². The highest BCUT2D eigenvalue weighted by Gasteiger charge is 2.16. The molecule has 2 aromatic carbocycles. The molecule has 1 N–H and O–H groups in total. The first-order valence-electron chi connectivity index (χ1n) is 8.80. The molecular formula is C20H21ClN4. The molecule has 5 heteroatoms. The predicted octanol–water partition coefficient (Wildman–Crippen LogP) is 4.89. The second kappa shape index (κ2) is 7.28. The van der Waals surface area contributed by atoms with Gasteiger partial charge in [0.2, 0.25) is 5.95 Å². The largest absolute Gasteiger partial charge is 0.356 e. The van der Waals surface area contributed by atoms with Crippen molar-refractivity contribution in [3.63, 3.8) is 0 Å². The number of halogens is 1. The third-order valence-corrected chi connectivity index (χ3v) is 4.85. The number of benzene rings is 2. The summed E-state index contributed by atoms with van der Waals surface area (Å²) >= 11 is 5.95. The van der Waals surface area contributed by atoms with E-state index < -0.39 is 0 Å². The zero-order valence-electron chi connectivity index (χ0n) is 14.1. The van der Waals surface area contributed by atoms with Crippen molar-refractivity contribution in [2.24, 2.45) is 0 Å². The normalized spacial score (nSPS) is 14.7. The second-order valence-electron chi connectivity index (χ2n) is 6.42. The Labute approximate surface area is 152 Å². The molecule has 128 valence electrons. The molecular weight excluding hydrogens is 332 g/mol. The van der Waals surface area contributed by atoms with Crippen LogP contribution in [0.3, 0.4) is 0 Å². The summed E-state index contributed by atoms with van der Waals surface area (Å²) in [4.78, 5) is 11.9. The van der Waals surface area contributed by atoms with Gasteiger partial charge in [0, 0.05) is 30.0 Å². The van der Waals surface area contributed by atoms with Crippen LogP contribution >= 0.6 is 11.6 Å². The van der Waals surface area contributed by atoms with Crippen molar-refractivity contribution in [1.29, 1.82) is 0 Å². The second-order valence-corrected chi connectivity index (χ2v) is 6.85. The van der Waals surface area contributed by atoms with E-state index in [0.29, 0.717) is 12.5 Å². The number of rotatable bonds is 4. The van der Waals surface area contributed by atoms with E-state index in [1.807, 2.05) is 30.3 Å². The number of nitrogens with one attached hydrogen (secondary N) is 1. The first-order valence-corrected chi connectivity index (χ1v) is 9.17. The maximum absolute atomic E-state index is 5.95. The first kappa shape index (κ1) is 16.2. The van der Waals surface area contributed by atoms with E-state index in [2.05, 4.69) is 33.4 Å². The van der Waals surface area contributed by atoms with Gasteiger partial charge in [-0.1, -0.05) is 35.9 Å². The minimum absolute atomic E-state index is 0.675. The summed E-state index contributed by atoms with van der Waals surface area (Å²) < 4.78 is 0. The molecule has 0 spiro atoms. The lowest BCUT2D eigenvalue weighted by Crippen LogP contribution is -2.30. The zero-order valence-corrected chi connectivity index (χ0v) is 14.8. The van der Waals surface area contributed by atoms with Crippen molar-refractivity contribution < 1.29 is 0 Å². The molecule has 1 fully saturated rings. The lowest BCUT2D eigenvalue weighted by molar-refractivity contribution is 0.574. The quantitative estimate of drug-likeness (QED) is 0.726. The van der Waals surface area contributed by atoms with Gasteiger partial charge in [0.15, 0.2) is 0 Å². The number of nitrogens with zero attached hydrogens (tertiary/aromatic N) is 3. The molecule has 2 heterocycles. The third-order valence-electron chi connectivity index (χ3n) is 4.60. The lowest BCUT2D eigenvalue weighted by Gasteiger charge is -2.29. The average molecular weight is 353 g/mol. The fraction of sp³-hybridized carbons (Fsp3) is 0.300. The number of piperidine rings is 1. The Bertz CT molecular complexity index is 857. The molecule has 0 saturated carbocycles. The monoisotopic (exact) mass is 352 g/mol. The molecule has 25 heavy (non-hydrogen) atoms. The molecule has 0 unspecified atom stereocenters. The van der Waals surface area contributed by atoms with Crippen LogP contribution in [0.5, 0.6) is 0 Å². The van der Waals surface area contributed by atoms with Crippen molar-refractivity contribution >= 4 is 34.3 Å². The summed E-state index contributed by atoms with van der Waals surface area (Å²) in [5.74, 6) is 1.72. The number of fused-ring (bicyclic) bond motifs is 1. The molecule has 1 aliphatic rings. The van der Waals surface area contributed by atoms with Gasteiger partial charge >= 0.3 is 0 Å². The molecule has 1 aromatic heterocycles. The van der Waals surface area contributed by atoms with Crippen LogP contribution in [-0.4, -0.2) is 23.1 Å². The predicted molar refractivity (Wildman–Crippen MR) is 104 cm³/mol. The van der Waals surface area contributed by atoms with Gasteiger partial charge in [-0.15, -0.1) is 0 Å². The molecule has 0 atom stereocenters. The first-order chi connectivity index (χ1) is 12.3. The average Bonchev–Trinajstić information content (AvgIpc) is 2.67.